The number of anilines is 1. The predicted octanol–water partition coefficient (Wildman–Crippen LogP) is 3.35. The second kappa shape index (κ2) is 8.05. The number of amides is 1. The number of rotatable bonds is 5. The first-order valence-corrected chi connectivity index (χ1v) is 10.2. The number of nitrogens with one attached hydrogen (secondary N) is 1. The number of aromatic nitrogens is 4. The lowest BCUT2D eigenvalue weighted by molar-refractivity contribution is 0.0714. The SMILES string of the molecule is CCNc1nc(C)c(C(=O)N2CCC(c3noc(-c4ccncc4)n3)CC2)s1. The largest absolute Gasteiger partial charge is 0.362 e. The van der Waals surface area contributed by atoms with Gasteiger partial charge in [-0.2, -0.15) is 4.98 Å². The summed E-state index contributed by atoms with van der Waals surface area (Å²) in [5.74, 6) is 1.47. The number of hydrogen-bond donors (Lipinski definition) is 1. The monoisotopic (exact) mass is 398 g/mol. The van der Waals surface area contributed by atoms with Gasteiger partial charge < -0.3 is 14.7 Å². The van der Waals surface area contributed by atoms with Crippen molar-refractivity contribution in [1.82, 2.24) is 25.0 Å². The Bertz CT molecular complexity index is 947. The van der Waals surface area contributed by atoms with Gasteiger partial charge >= 0.3 is 0 Å². The summed E-state index contributed by atoms with van der Waals surface area (Å²) in [5.41, 5.74) is 1.65. The summed E-state index contributed by atoms with van der Waals surface area (Å²) in [6, 6.07) is 3.69. The van der Waals surface area contributed by atoms with E-state index < -0.39 is 0 Å². The third kappa shape index (κ3) is 3.75. The van der Waals surface area contributed by atoms with Gasteiger partial charge in [0.05, 0.1) is 5.69 Å². The molecule has 8 nitrogen and oxygen atoms in total. The molecule has 1 fully saturated rings. The van der Waals surface area contributed by atoms with Crippen molar-refractivity contribution < 1.29 is 9.32 Å². The summed E-state index contributed by atoms with van der Waals surface area (Å²) in [6.07, 6.45) is 5.04. The molecule has 9 heteroatoms. The van der Waals surface area contributed by atoms with Crippen molar-refractivity contribution in [1.29, 1.82) is 0 Å². The lowest BCUT2D eigenvalue weighted by Crippen LogP contribution is -2.38. The number of nitrogens with zero attached hydrogens (tertiary/aromatic N) is 5. The number of pyridine rings is 1. The van der Waals surface area contributed by atoms with Crippen LogP contribution in [0.15, 0.2) is 29.0 Å². The van der Waals surface area contributed by atoms with Crippen molar-refractivity contribution in [2.75, 3.05) is 25.0 Å². The fourth-order valence-electron chi connectivity index (χ4n) is 3.32. The highest BCUT2D eigenvalue weighted by Crippen LogP contribution is 2.30. The van der Waals surface area contributed by atoms with Crippen LogP contribution >= 0.6 is 11.3 Å². The van der Waals surface area contributed by atoms with E-state index in [0.29, 0.717) is 29.7 Å². The summed E-state index contributed by atoms with van der Waals surface area (Å²) in [6.45, 7) is 6.05. The van der Waals surface area contributed by atoms with E-state index in [4.69, 9.17) is 4.52 Å². The van der Waals surface area contributed by atoms with Crippen molar-refractivity contribution >= 4 is 22.4 Å². The Kier molecular flexibility index (Phi) is 5.34. The Morgan fingerprint density at radius 3 is 2.75 bits per heavy atom. The van der Waals surface area contributed by atoms with Crippen LogP contribution in [0.3, 0.4) is 0 Å². The molecule has 4 heterocycles. The third-order valence-corrected chi connectivity index (χ3v) is 5.94. The number of carbonyl (C=O) groups excluding carboxylic acids is 1. The van der Waals surface area contributed by atoms with Gasteiger partial charge in [0.25, 0.3) is 11.8 Å². The van der Waals surface area contributed by atoms with Crippen LogP contribution in [-0.2, 0) is 0 Å². The number of likely N-dealkylation sites (tertiary alicyclic amines) is 1. The molecule has 4 rings (SSSR count). The van der Waals surface area contributed by atoms with Gasteiger partial charge in [0.2, 0.25) is 0 Å². The Labute approximate surface area is 167 Å². The molecule has 0 bridgehead atoms. The third-order valence-electron chi connectivity index (χ3n) is 4.84. The molecule has 3 aromatic heterocycles. The lowest BCUT2D eigenvalue weighted by Gasteiger charge is -2.30. The van der Waals surface area contributed by atoms with Gasteiger partial charge in [-0.05, 0) is 38.8 Å². The van der Waals surface area contributed by atoms with Crippen LogP contribution < -0.4 is 5.32 Å². The molecule has 146 valence electrons. The average Bonchev–Trinajstić information content (AvgIpc) is 3.36. The minimum Gasteiger partial charge on any atom is -0.362 e. The fourth-order valence-corrected chi connectivity index (χ4v) is 4.32. The summed E-state index contributed by atoms with van der Waals surface area (Å²) in [4.78, 5) is 28.5. The van der Waals surface area contributed by atoms with E-state index in [1.165, 1.54) is 11.3 Å². The average molecular weight is 398 g/mol. The fraction of sp³-hybridized carbons (Fsp3) is 0.421. The molecule has 1 amide bonds. The molecular formula is C19H22N6O2S. The van der Waals surface area contributed by atoms with Gasteiger partial charge in [-0.25, -0.2) is 4.98 Å². The normalized spacial score (nSPS) is 15.0. The summed E-state index contributed by atoms with van der Waals surface area (Å²) < 4.78 is 5.41. The molecule has 0 spiro atoms. The van der Waals surface area contributed by atoms with Crippen LogP contribution in [0, 0.1) is 6.92 Å². The summed E-state index contributed by atoms with van der Waals surface area (Å²) in [5, 5.41) is 8.13. The van der Waals surface area contributed by atoms with Crippen LogP contribution in [0.1, 0.15) is 46.9 Å². The highest BCUT2D eigenvalue weighted by molar-refractivity contribution is 7.17. The first kappa shape index (κ1) is 18.5. The molecule has 0 aliphatic carbocycles. The van der Waals surface area contributed by atoms with E-state index in [9.17, 15) is 4.79 Å². The second-order valence-corrected chi connectivity index (χ2v) is 7.72. The molecule has 0 aromatic carbocycles. The molecule has 1 N–H and O–H groups in total. The second-order valence-electron chi connectivity index (χ2n) is 6.72. The van der Waals surface area contributed by atoms with Gasteiger partial charge in [-0.1, -0.05) is 16.5 Å². The molecule has 0 atom stereocenters. The quantitative estimate of drug-likeness (QED) is 0.704. The molecule has 1 aliphatic rings. The van der Waals surface area contributed by atoms with E-state index in [0.717, 1.165) is 35.8 Å². The zero-order valence-electron chi connectivity index (χ0n) is 15.9. The van der Waals surface area contributed by atoms with Crippen molar-refractivity contribution in [3.05, 3.63) is 40.9 Å². The topological polar surface area (TPSA) is 97.0 Å². The van der Waals surface area contributed by atoms with Gasteiger partial charge in [-0.15, -0.1) is 0 Å². The maximum atomic E-state index is 12.9. The van der Waals surface area contributed by atoms with Crippen LogP contribution in [0.2, 0.25) is 0 Å². The number of thiazole rings is 1. The zero-order valence-corrected chi connectivity index (χ0v) is 16.7. The molecule has 0 saturated carbocycles. The molecule has 3 aromatic rings. The minimum absolute atomic E-state index is 0.0585. The molecule has 0 radical (unpaired) electrons. The van der Waals surface area contributed by atoms with Gasteiger partial charge in [0.1, 0.15) is 4.88 Å². The molecular weight excluding hydrogens is 376 g/mol. The van der Waals surface area contributed by atoms with E-state index in [1.807, 2.05) is 30.9 Å². The van der Waals surface area contributed by atoms with E-state index >= 15 is 0 Å². The smallest absolute Gasteiger partial charge is 0.265 e. The van der Waals surface area contributed by atoms with Gasteiger partial charge in [-0.3, -0.25) is 9.78 Å². The molecule has 1 saturated heterocycles. The highest BCUT2D eigenvalue weighted by atomic mass is 32.1. The first-order valence-electron chi connectivity index (χ1n) is 9.40. The summed E-state index contributed by atoms with van der Waals surface area (Å²) >= 11 is 1.43. The predicted molar refractivity (Wildman–Crippen MR) is 106 cm³/mol. The molecule has 28 heavy (non-hydrogen) atoms. The van der Waals surface area contributed by atoms with Crippen LogP contribution in [0.5, 0.6) is 0 Å². The number of hydrogen-bond acceptors (Lipinski definition) is 8. The van der Waals surface area contributed by atoms with Gasteiger partial charge in [0, 0.05) is 43.5 Å². The van der Waals surface area contributed by atoms with Crippen LogP contribution in [-0.4, -0.2) is 50.5 Å². The maximum Gasteiger partial charge on any atom is 0.265 e. The Morgan fingerprint density at radius 2 is 2.04 bits per heavy atom. The van der Waals surface area contributed by atoms with Crippen LogP contribution in [0.25, 0.3) is 11.5 Å². The highest BCUT2D eigenvalue weighted by Gasteiger charge is 2.29. The standard InChI is InChI=1S/C19H22N6O2S/c1-3-21-19-22-12(2)15(28-19)18(26)25-10-6-13(7-11-25)16-23-17(27-24-16)14-4-8-20-9-5-14/h4-5,8-9,13H,3,6-7,10-11H2,1-2H3,(H,21,22). The van der Waals surface area contributed by atoms with Crippen molar-refractivity contribution in [2.45, 2.75) is 32.6 Å². The summed E-state index contributed by atoms with van der Waals surface area (Å²) in [7, 11) is 0. The molecule has 0 unspecified atom stereocenters. The van der Waals surface area contributed by atoms with Gasteiger partial charge in [0.15, 0.2) is 11.0 Å². The minimum atomic E-state index is 0.0585. The Morgan fingerprint density at radius 1 is 1.29 bits per heavy atom. The molecule has 1 aliphatic heterocycles. The van der Waals surface area contributed by atoms with E-state index in [2.05, 4.69) is 25.4 Å². The lowest BCUT2D eigenvalue weighted by atomic mass is 9.96. The van der Waals surface area contributed by atoms with Crippen molar-refractivity contribution in [3.63, 3.8) is 0 Å². The Hall–Kier alpha value is -2.81. The Balaban J connectivity index is 1.40. The van der Waals surface area contributed by atoms with E-state index in [1.54, 1.807) is 12.4 Å². The number of piperidine rings is 1. The maximum absolute atomic E-state index is 12.9. The van der Waals surface area contributed by atoms with Crippen molar-refractivity contribution in [3.8, 4) is 11.5 Å². The van der Waals surface area contributed by atoms with E-state index in [-0.39, 0.29) is 11.8 Å². The number of carbonyl (C=O) groups is 1. The number of aryl methyl sites for hydroxylation is 1. The zero-order chi connectivity index (χ0) is 19.5. The first-order chi connectivity index (χ1) is 13.7. The van der Waals surface area contributed by atoms with Crippen LogP contribution in [0.4, 0.5) is 5.13 Å². The van der Waals surface area contributed by atoms with Crippen molar-refractivity contribution in [2.24, 2.45) is 0 Å².